The number of hydrogen-bond donors (Lipinski definition) is 0. The van der Waals surface area contributed by atoms with E-state index in [-0.39, 0.29) is 0 Å². The van der Waals surface area contributed by atoms with Crippen molar-refractivity contribution in [3.63, 3.8) is 0 Å². The van der Waals surface area contributed by atoms with E-state index in [0.29, 0.717) is 0 Å². The first-order valence-corrected chi connectivity index (χ1v) is 20.4. The average Bonchev–Trinajstić information content (AvgIpc) is 0.592. The average molecular weight is 334 g/mol. The summed E-state index contributed by atoms with van der Waals surface area (Å²) in [4.78, 5) is 0. The number of hydrogen-bond acceptors (Lipinski definition) is 0. The van der Waals surface area contributed by atoms with Crippen molar-refractivity contribution in [3.8, 4) is 0 Å². The molecule has 0 N–H and O–H groups in total. The summed E-state index contributed by atoms with van der Waals surface area (Å²) < 4.78 is 0. The second kappa shape index (κ2) is 1.59. The summed E-state index contributed by atoms with van der Waals surface area (Å²) in [5, 5.41) is 0. The molecule has 0 aliphatic heterocycles. The maximum atomic E-state index is 5.06. The van der Waals surface area contributed by atoms with E-state index in [4.69, 9.17) is 53.0 Å². The van der Waals surface area contributed by atoms with Crippen LogP contribution in [-0.4, -0.2) is 9.14 Å². The number of halogens is 6. The molecule has 0 amide bonds. The Labute approximate surface area is 61.1 Å². The van der Waals surface area contributed by atoms with Crippen molar-refractivity contribution < 1.29 is 0 Å². The maximum absolute atomic E-state index is 5.42. The van der Waals surface area contributed by atoms with Crippen molar-refractivity contribution in [1.82, 2.24) is 0 Å². The van der Waals surface area contributed by atoms with Gasteiger partial charge in [-0.25, -0.2) is 0 Å². The van der Waals surface area contributed by atoms with E-state index in [1.807, 2.05) is 0 Å². The molecule has 0 aromatic rings. The van der Waals surface area contributed by atoms with E-state index >= 15 is 0 Å². The monoisotopic (exact) mass is 331 g/mol. The van der Waals surface area contributed by atoms with E-state index < -0.39 is 9.14 Å². The van der Waals surface area contributed by atoms with Gasteiger partial charge in [-0.05, 0) is 0 Å². The van der Waals surface area contributed by atoms with Crippen molar-refractivity contribution in [2.45, 2.75) is 0 Å². The molecule has 0 saturated carbocycles. The zero-order valence-electron chi connectivity index (χ0n) is 2.72. The van der Waals surface area contributed by atoms with E-state index in [9.17, 15) is 0 Å². The van der Waals surface area contributed by atoms with Crippen molar-refractivity contribution in [2.24, 2.45) is 0 Å². The van der Waals surface area contributed by atoms with Crippen LogP contribution < -0.4 is 0 Å². The van der Waals surface area contributed by atoms with Crippen molar-refractivity contribution in [3.05, 3.63) is 0 Å². The van der Waals surface area contributed by atoms with Gasteiger partial charge in [0.05, 0.1) is 0 Å². The van der Waals surface area contributed by atoms with Crippen LogP contribution in [0, 0.1) is 0 Å². The second-order valence-electron chi connectivity index (χ2n) is 0.958. The molecule has 0 rings (SSSR count). The Kier molecular flexibility index (Phi) is 2.17. The Morgan fingerprint density at radius 3 is 0.571 bits per heavy atom. The van der Waals surface area contributed by atoms with Crippen LogP contribution in [-0.2, 0) is 0 Å². The number of rotatable bonds is 0. The van der Waals surface area contributed by atoms with Gasteiger partial charge in [0.15, 0.2) is 0 Å². The molecule has 0 nitrogen and oxygen atoms in total. The Morgan fingerprint density at radius 2 is 0.571 bits per heavy atom. The molecule has 48 valence electrons. The quantitative estimate of drug-likeness (QED) is 0.592. The van der Waals surface area contributed by atoms with Crippen LogP contribution in [0.25, 0.3) is 0 Å². The summed E-state index contributed by atoms with van der Waals surface area (Å²) in [6.45, 7) is 0. The van der Waals surface area contributed by atoms with E-state index in [2.05, 4.69) is 0 Å². The fourth-order valence-corrected chi connectivity index (χ4v) is 0. The minimum atomic E-state index is -5.42. The van der Waals surface area contributed by atoms with Gasteiger partial charge in [-0.2, -0.15) is 0 Å². The van der Waals surface area contributed by atoms with Crippen LogP contribution in [0.3, 0.4) is 0 Å². The third kappa shape index (κ3) is 56.2. The molecule has 0 aromatic carbocycles. The van der Waals surface area contributed by atoms with Gasteiger partial charge in [-0.3, -0.25) is 0 Å². The molecule has 0 aromatic heterocycles. The Balaban J connectivity index is 4.43. The zero-order valence-corrected chi connectivity index (χ0v) is 9.80. The molecule has 7 heavy (non-hydrogen) atoms. The molecule has 7 heteroatoms. The van der Waals surface area contributed by atoms with Crippen molar-refractivity contribution >= 4 is 62.1 Å². The van der Waals surface area contributed by atoms with Gasteiger partial charge in [0, 0.05) is 0 Å². The molecule has 0 spiro atoms. The summed E-state index contributed by atoms with van der Waals surface area (Å²) in [5.74, 6) is 0. The second-order valence-corrected chi connectivity index (χ2v) is 57.9. The summed E-state index contributed by atoms with van der Waals surface area (Å²) in [6, 6.07) is 0. The third-order valence-corrected chi connectivity index (χ3v) is 0. The van der Waals surface area contributed by atoms with Crippen LogP contribution >= 0.6 is 53.0 Å². The Morgan fingerprint density at radius 1 is 0.571 bits per heavy atom. The standard InChI is InChI=1S/6ClH.Sb/h6*1H;/q;;;;;;+5/p-6. The van der Waals surface area contributed by atoms with Gasteiger partial charge in [-0.1, -0.05) is 0 Å². The summed E-state index contributed by atoms with van der Waals surface area (Å²) in [5.41, 5.74) is 0. The van der Waals surface area contributed by atoms with E-state index in [1.54, 1.807) is 0 Å². The van der Waals surface area contributed by atoms with Crippen LogP contribution in [0.4, 0.5) is 0 Å². The predicted octanol–water partition coefficient (Wildman–Crippen LogP) is 3.76. The molecule has 0 radical (unpaired) electrons. The first-order chi connectivity index (χ1) is 2.45. The summed E-state index contributed by atoms with van der Waals surface area (Å²) in [6.07, 6.45) is 0. The normalized spacial score (nSPS) is 23.1. The molecular weight excluding hydrogens is 334 g/mol. The van der Waals surface area contributed by atoms with Crippen LogP contribution in [0.5, 0.6) is 0 Å². The first kappa shape index (κ1) is 9.56. The van der Waals surface area contributed by atoms with Gasteiger partial charge in [-0.15, -0.1) is 0 Å². The van der Waals surface area contributed by atoms with E-state index in [1.165, 1.54) is 0 Å². The van der Waals surface area contributed by atoms with E-state index in [0.717, 1.165) is 0 Å². The molecular formula is Cl6Sb-. The molecule has 0 atom stereocenters. The molecule has 0 unspecified atom stereocenters. The summed E-state index contributed by atoms with van der Waals surface area (Å²) >= 11 is 0. The van der Waals surface area contributed by atoms with Crippen molar-refractivity contribution in [2.75, 3.05) is 0 Å². The fraction of sp³-hybridized carbons (Fsp3) is 0. The third-order valence-electron chi connectivity index (χ3n) is 0. The Hall–Kier alpha value is 2.56. The SMILES string of the molecule is [Cl][Sb-]([Cl])([Cl])([Cl])([Cl])[Cl]. The topological polar surface area (TPSA) is 0 Å². The molecule has 0 aliphatic carbocycles. The first-order valence-electron chi connectivity index (χ1n) is 1.01. The predicted molar refractivity (Wildman–Crippen MR) is 40.9 cm³/mol. The van der Waals surface area contributed by atoms with Crippen LogP contribution in [0.15, 0.2) is 0 Å². The van der Waals surface area contributed by atoms with Gasteiger partial charge in [0.2, 0.25) is 0 Å². The van der Waals surface area contributed by atoms with Gasteiger partial charge in [0.25, 0.3) is 0 Å². The fourth-order valence-electron chi connectivity index (χ4n) is 0. The molecule has 0 aliphatic rings. The summed E-state index contributed by atoms with van der Waals surface area (Å²) in [7, 11) is 25.0. The Bertz CT molecular complexity index is 62.7. The molecule has 0 heterocycles. The van der Waals surface area contributed by atoms with Crippen LogP contribution in [0.1, 0.15) is 0 Å². The van der Waals surface area contributed by atoms with Crippen molar-refractivity contribution in [1.29, 1.82) is 0 Å². The van der Waals surface area contributed by atoms with Crippen LogP contribution in [0.2, 0.25) is 0 Å². The molecule has 0 fully saturated rings. The van der Waals surface area contributed by atoms with Gasteiger partial charge >= 0.3 is 62.1 Å². The molecule has 0 bridgehead atoms. The zero-order chi connectivity index (χ0) is 6.41. The molecule has 0 saturated heterocycles. The van der Waals surface area contributed by atoms with Gasteiger partial charge in [0.1, 0.15) is 0 Å². The minimum absolute atomic E-state index is 5.06. The van der Waals surface area contributed by atoms with Gasteiger partial charge < -0.3 is 0 Å².